The Morgan fingerprint density at radius 2 is 1.93 bits per heavy atom. The molecule has 0 spiro atoms. The number of hydrogen-bond donors (Lipinski definition) is 2. The monoisotopic (exact) mass is 435 g/mol. The van der Waals surface area contributed by atoms with Gasteiger partial charge >= 0.3 is 0 Å². The summed E-state index contributed by atoms with van der Waals surface area (Å²) in [7, 11) is -2.33. The molecule has 0 aliphatic heterocycles. The largest absolute Gasteiger partial charge is 0.496 e. The van der Waals surface area contributed by atoms with Crippen molar-refractivity contribution in [3.8, 4) is 16.3 Å². The number of aryl methyl sites for hydroxylation is 1. The van der Waals surface area contributed by atoms with Crippen LogP contribution in [0.5, 0.6) is 5.75 Å². The van der Waals surface area contributed by atoms with E-state index in [1.54, 1.807) is 25.1 Å². The van der Waals surface area contributed by atoms with Gasteiger partial charge in [0.25, 0.3) is 5.91 Å². The Bertz CT molecular complexity index is 1160. The Kier molecular flexibility index (Phi) is 5.96. The van der Waals surface area contributed by atoms with E-state index >= 15 is 0 Å². The molecule has 0 aliphatic rings. The van der Waals surface area contributed by atoms with E-state index in [9.17, 15) is 17.6 Å². The number of nitrogens with one attached hydrogen (secondary N) is 1. The summed E-state index contributed by atoms with van der Waals surface area (Å²) in [6, 6.07) is 10.3. The number of thiazole rings is 1. The van der Waals surface area contributed by atoms with Crippen LogP contribution in [0.1, 0.15) is 20.9 Å². The minimum Gasteiger partial charge on any atom is -0.496 e. The highest BCUT2D eigenvalue weighted by Gasteiger charge is 2.20. The average Bonchev–Trinajstić information content (AvgIpc) is 3.06. The third kappa shape index (κ3) is 4.61. The maximum atomic E-state index is 14.3. The molecule has 0 saturated heterocycles. The second kappa shape index (κ2) is 8.27. The maximum absolute atomic E-state index is 14.3. The zero-order chi connectivity index (χ0) is 21.2. The molecule has 0 fully saturated rings. The standard InChI is InChI=1S/C19H18FN3O4S2/c1-11-17(23-19(28-11)16-14(20)4-3-5-15(16)27-2)18(24)22-10-12-6-8-13(9-7-12)29(21,25)26/h3-9H,10H2,1-2H3,(H,22,24)(H2,21,25,26). The predicted molar refractivity (Wildman–Crippen MR) is 108 cm³/mol. The number of halogens is 1. The minimum atomic E-state index is -3.77. The second-order valence-electron chi connectivity index (χ2n) is 6.11. The van der Waals surface area contributed by atoms with Crippen molar-refractivity contribution < 1.29 is 22.3 Å². The summed E-state index contributed by atoms with van der Waals surface area (Å²) in [5.41, 5.74) is 1.09. The van der Waals surface area contributed by atoms with Crippen molar-refractivity contribution in [2.75, 3.05) is 7.11 Å². The van der Waals surface area contributed by atoms with Crippen LogP contribution in [-0.4, -0.2) is 26.4 Å². The zero-order valence-corrected chi connectivity index (χ0v) is 17.2. The van der Waals surface area contributed by atoms with Crippen molar-refractivity contribution in [3.63, 3.8) is 0 Å². The molecule has 3 N–H and O–H groups in total. The number of rotatable bonds is 6. The third-order valence-electron chi connectivity index (χ3n) is 4.13. The molecule has 0 bridgehead atoms. The number of primary sulfonamides is 1. The van der Waals surface area contributed by atoms with E-state index < -0.39 is 21.7 Å². The summed E-state index contributed by atoms with van der Waals surface area (Å²) < 4.78 is 42.1. The summed E-state index contributed by atoms with van der Waals surface area (Å²) >= 11 is 1.19. The number of benzene rings is 2. The van der Waals surface area contributed by atoms with Gasteiger partial charge in [-0.3, -0.25) is 4.79 Å². The highest BCUT2D eigenvalue weighted by atomic mass is 32.2. The molecule has 152 valence electrons. The Morgan fingerprint density at radius 1 is 1.24 bits per heavy atom. The number of sulfonamides is 1. The number of amides is 1. The molecule has 7 nitrogen and oxygen atoms in total. The van der Waals surface area contributed by atoms with E-state index in [1.807, 2.05) is 0 Å². The average molecular weight is 436 g/mol. The number of nitrogens with zero attached hydrogens (tertiary/aromatic N) is 1. The van der Waals surface area contributed by atoms with Gasteiger partial charge in [-0.05, 0) is 36.8 Å². The van der Waals surface area contributed by atoms with Crippen LogP contribution in [0, 0.1) is 12.7 Å². The highest BCUT2D eigenvalue weighted by molar-refractivity contribution is 7.89. The molecule has 3 aromatic rings. The van der Waals surface area contributed by atoms with Crippen LogP contribution in [0.4, 0.5) is 4.39 Å². The lowest BCUT2D eigenvalue weighted by Crippen LogP contribution is -2.24. The summed E-state index contributed by atoms with van der Waals surface area (Å²) in [5.74, 6) is -0.573. The molecule has 0 saturated carbocycles. The molecule has 0 atom stereocenters. The van der Waals surface area contributed by atoms with Crippen molar-refractivity contribution in [3.05, 3.63) is 64.4 Å². The fourth-order valence-corrected chi connectivity index (χ4v) is 4.14. The first-order valence-electron chi connectivity index (χ1n) is 8.41. The van der Waals surface area contributed by atoms with E-state index in [1.165, 1.54) is 42.7 Å². The number of ether oxygens (including phenoxy) is 1. The Hall–Kier alpha value is -2.82. The molecule has 29 heavy (non-hydrogen) atoms. The number of hydrogen-bond acceptors (Lipinski definition) is 6. The fraction of sp³-hybridized carbons (Fsp3) is 0.158. The summed E-state index contributed by atoms with van der Waals surface area (Å²) in [5, 5.41) is 8.13. The summed E-state index contributed by atoms with van der Waals surface area (Å²) in [6.07, 6.45) is 0. The van der Waals surface area contributed by atoms with E-state index in [-0.39, 0.29) is 22.7 Å². The fourth-order valence-electron chi connectivity index (χ4n) is 2.66. The van der Waals surface area contributed by atoms with Gasteiger partial charge in [-0.2, -0.15) is 0 Å². The number of carbonyl (C=O) groups is 1. The number of aromatic nitrogens is 1. The van der Waals surface area contributed by atoms with Gasteiger partial charge in [0.1, 0.15) is 22.3 Å². The Morgan fingerprint density at radius 3 is 2.55 bits per heavy atom. The molecule has 3 rings (SSSR count). The lowest BCUT2D eigenvalue weighted by Gasteiger charge is -2.06. The van der Waals surface area contributed by atoms with Gasteiger partial charge in [-0.1, -0.05) is 18.2 Å². The van der Waals surface area contributed by atoms with Gasteiger partial charge in [0.15, 0.2) is 0 Å². The molecular weight excluding hydrogens is 417 g/mol. The smallest absolute Gasteiger partial charge is 0.271 e. The van der Waals surface area contributed by atoms with Crippen LogP contribution in [0.3, 0.4) is 0 Å². The van der Waals surface area contributed by atoms with Crippen molar-refractivity contribution >= 4 is 27.3 Å². The molecule has 2 aromatic carbocycles. The lowest BCUT2D eigenvalue weighted by molar-refractivity contribution is 0.0946. The van der Waals surface area contributed by atoms with Gasteiger partial charge in [0.2, 0.25) is 10.0 Å². The maximum Gasteiger partial charge on any atom is 0.271 e. The normalized spacial score (nSPS) is 11.3. The molecule has 10 heteroatoms. The molecule has 0 aliphatic carbocycles. The van der Waals surface area contributed by atoms with E-state index in [4.69, 9.17) is 9.88 Å². The number of methoxy groups -OCH3 is 1. The van der Waals surface area contributed by atoms with E-state index in [2.05, 4.69) is 10.3 Å². The van der Waals surface area contributed by atoms with Crippen LogP contribution in [-0.2, 0) is 16.6 Å². The first-order chi connectivity index (χ1) is 13.7. The SMILES string of the molecule is COc1cccc(F)c1-c1nc(C(=O)NCc2ccc(S(N)(=O)=O)cc2)c(C)s1. The van der Waals surface area contributed by atoms with Crippen molar-refractivity contribution in [2.24, 2.45) is 5.14 Å². The van der Waals surface area contributed by atoms with Crippen LogP contribution in [0.25, 0.3) is 10.6 Å². The Balaban J connectivity index is 1.78. The van der Waals surface area contributed by atoms with Crippen LogP contribution in [0.2, 0.25) is 0 Å². The van der Waals surface area contributed by atoms with E-state index in [0.29, 0.717) is 21.2 Å². The van der Waals surface area contributed by atoms with Gasteiger partial charge in [-0.25, -0.2) is 22.9 Å². The number of nitrogens with two attached hydrogens (primary N) is 1. The first-order valence-corrected chi connectivity index (χ1v) is 10.8. The molecule has 0 unspecified atom stereocenters. The van der Waals surface area contributed by atoms with Crippen molar-refractivity contribution in [2.45, 2.75) is 18.4 Å². The first kappa shape index (κ1) is 20.9. The zero-order valence-electron chi connectivity index (χ0n) is 15.6. The third-order valence-corrected chi connectivity index (χ3v) is 6.04. The van der Waals surface area contributed by atoms with E-state index in [0.717, 1.165) is 0 Å². The molecule has 1 amide bonds. The quantitative estimate of drug-likeness (QED) is 0.618. The topological polar surface area (TPSA) is 111 Å². The van der Waals surface area contributed by atoms with Crippen LogP contribution in [0.15, 0.2) is 47.4 Å². The molecular formula is C19H18FN3O4S2. The lowest BCUT2D eigenvalue weighted by atomic mass is 10.2. The van der Waals surface area contributed by atoms with Gasteiger partial charge in [-0.15, -0.1) is 11.3 Å². The van der Waals surface area contributed by atoms with Crippen molar-refractivity contribution in [1.82, 2.24) is 10.3 Å². The van der Waals surface area contributed by atoms with Gasteiger partial charge < -0.3 is 10.1 Å². The van der Waals surface area contributed by atoms with Crippen LogP contribution < -0.4 is 15.2 Å². The van der Waals surface area contributed by atoms with Gasteiger partial charge in [0, 0.05) is 11.4 Å². The van der Waals surface area contributed by atoms with Crippen molar-refractivity contribution in [1.29, 1.82) is 0 Å². The Labute approximate surface area is 171 Å². The van der Waals surface area contributed by atoms with Gasteiger partial charge in [0.05, 0.1) is 17.6 Å². The molecule has 0 radical (unpaired) electrons. The molecule has 1 heterocycles. The summed E-state index contributed by atoms with van der Waals surface area (Å²) in [4.78, 5) is 17.5. The van der Waals surface area contributed by atoms with Crippen LogP contribution >= 0.6 is 11.3 Å². The minimum absolute atomic E-state index is 0.00796. The molecule has 1 aromatic heterocycles. The highest BCUT2D eigenvalue weighted by Crippen LogP contribution is 2.36. The second-order valence-corrected chi connectivity index (χ2v) is 8.88. The summed E-state index contributed by atoms with van der Waals surface area (Å²) in [6.45, 7) is 1.89. The number of carbonyl (C=O) groups excluding carboxylic acids is 1. The predicted octanol–water partition coefficient (Wildman–Crippen LogP) is 2.84.